The molecular weight excluding hydrogens is 460 g/mol. The monoisotopic (exact) mass is 496 g/mol. The number of aromatic amines is 1. The van der Waals surface area contributed by atoms with Gasteiger partial charge in [-0.25, -0.2) is 22.7 Å². The largest absolute Gasteiger partial charge is 0.303 e. The van der Waals surface area contributed by atoms with E-state index in [-0.39, 0.29) is 5.92 Å². The summed E-state index contributed by atoms with van der Waals surface area (Å²) < 4.78 is 28.5. The van der Waals surface area contributed by atoms with Crippen molar-refractivity contribution in [2.45, 2.75) is 57.3 Å². The fourth-order valence-electron chi connectivity index (χ4n) is 6.70. The Kier molecular flexibility index (Phi) is 6.49. The van der Waals surface area contributed by atoms with Crippen LogP contribution < -0.4 is 0 Å². The predicted molar refractivity (Wildman–Crippen MR) is 138 cm³/mol. The van der Waals surface area contributed by atoms with Gasteiger partial charge in [0.25, 0.3) is 0 Å². The molecule has 188 valence electrons. The first-order chi connectivity index (χ1) is 17.1. The van der Waals surface area contributed by atoms with E-state index in [0.29, 0.717) is 30.7 Å². The van der Waals surface area contributed by atoms with Gasteiger partial charge in [-0.05, 0) is 93.8 Å². The van der Waals surface area contributed by atoms with Gasteiger partial charge in [0.05, 0.1) is 23.7 Å². The fourth-order valence-corrected chi connectivity index (χ4v) is 8.69. The number of pyridine rings is 1. The van der Waals surface area contributed by atoms with Crippen molar-refractivity contribution in [3.63, 3.8) is 0 Å². The van der Waals surface area contributed by atoms with E-state index < -0.39 is 10.0 Å². The number of piperidine rings is 1. The second-order valence-corrected chi connectivity index (χ2v) is 12.9. The Bertz CT molecular complexity index is 1280. The van der Waals surface area contributed by atoms with Crippen molar-refractivity contribution in [2.24, 2.45) is 11.8 Å². The first-order valence-electron chi connectivity index (χ1n) is 13.3. The Morgan fingerprint density at radius 1 is 0.943 bits per heavy atom. The number of likely N-dealkylation sites (tertiary alicyclic amines) is 1. The van der Waals surface area contributed by atoms with Crippen LogP contribution in [0.3, 0.4) is 0 Å². The summed E-state index contributed by atoms with van der Waals surface area (Å²) in [5.41, 5.74) is 2.94. The topological polar surface area (TPSA) is 95.1 Å². The van der Waals surface area contributed by atoms with Gasteiger partial charge in [0.15, 0.2) is 5.65 Å². The molecule has 2 aliphatic heterocycles. The Morgan fingerprint density at radius 3 is 2.60 bits per heavy atom. The molecule has 0 radical (unpaired) electrons. The van der Waals surface area contributed by atoms with E-state index in [9.17, 15) is 8.42 Å². The average molecular weight is 497 g/mol. The lowest BCUT2D eigenvalue weighted by molar-refractivity contribution is 0.199. The molecule has 0 spiro atoms. The summed E-state index contributed by atoms with van der Waals surface area (Å²) in [6.07, 6.45) is 14.2. The van der Waals surface area contributed by atoms with Gasteiger partial charge in [-0.1, -0.05) is 0 Å². The van der Waals surface area contributed by atoms with Crippen LogP contribution in [-0.4, -0.2) is 76.3 Å². The normalized spacial score (nSPS) is 27.1. The van der Waals surface area contributed by atoms with E-state index in [1.54, 1.807) is 6.20 Å². The Hall–Kier alpha value is -2.10. The summed E-state index contributed by atoms with van der Waals surface area (Å²) in [6.45, 7) is 4.84. The highest BCUT2D eigenvalue weighted by Gasteiger charge is 2.34. The number of aromatic nitrogens is 4. The summed E-state index contributed by atoms with van der Waals surface area (Å²) in [5, 5.41) is 9.68. The van der Waals surface area contributed by atoms with Crippen molar-refractivity contribution in [3.05, 3.63) is 30.2 Å². The molecule has 9 heteroatoms. The lowest BCUT2D eigenvalue weighted by atomic mass is 9.79. The molecule has 3 fully saturated rings. The van der Waals surface area contributed by atoms with Gasteiger partial charge in [0.2, 0.25) is 10.0 Å². The number of rotatable bonds is 6. The van der Waals surface area contributed by atoms with Crippen molar-refractivity contribution in [1.82, 2.24) is 29.4 Å². The molecule has 8 nitrogen and oxygen atoms in total. The Morgan fingerprint density at radius 2 is 1.77 bits per heavy atom. The molecule has 1 aliphatic carbocycles. The third-order valence-electron chi connectivity index (χ3n) is 8.53. The Labute approximate surface area is 207 Å². The standard InChI is InChI=1S/C26H36N6O2S/c33-35(34,32-13-3-4-20(17-32)16-31-11-1-2-12-31)18-19-5-7-21(8-6-19)23-14-29-30-24-15-28-26-22(25(23)24)9-10-27-26/h9-10,14-15,19-21,30H,1-8,11-13,16-18H2. The minimum absolute atomic E-state index is 0.243. The van der Waals surface area contributed by atoms with E-state index in [2.05, 4.69) is 25.1 Å². The van der Waals surface area contributed by atoms with Crippen molar-refractivity contribution >= 4 is 32.0 Å². The fraction of sp³-hybridized carbons (Fsp3) is 0.654. The van der Waals surface area contributed by atoms with Crippen LogP contribution in [0.5, 0.6) is 0 Å². The molecule has 0 amide bonds. The molecule has 1 saturated carbocycles. The molecule has 5 heterocycles. The summed E-state index contributed by atoms with van der Waals surface area (Å²) in [4.78, 5) is 11.3. The predicted octanol–water partition coefficient (Wildman–Crippen LogP) is 3.92. The number of H-pyrrole nitrogens is 1. The van der Waals surface area contributed by atoms with Gasteiger partial charge < -0.3 is 4.90 Å². The molecule has 6 rings (SSSR count). The van der Waals surface area contributed by atoms with Crippen molar-refractivity contribution in [3.8, 4) is 0 Å². The molecule has 0 bridgehead atoms. The van der Waals surface area contributed by atoms with E-state index >= 15 is 0 Å². The Balaban J connectivity index is 1.10. The van der Waals surface area contributed by atoms with Gasteiger partial charge in [0, 0.05) is 36.6 Å². The minimum Gasteiger partial charge on any atom is -0.303 e. The third-order valence-corrected chi connectivity index (χ3v) is 10.5. The van der Waals surface area contributed by atoms with E-state index in [4.69, 9.17) is 0 Å². The van der Waals surface area contributed by atoms with Gasteiger partial charge >= 0.3 is 0 Å². The minimum atomic E-state index is -3.21. The summed E-state index contributed by atoms with van der Waals surface area (Å²) in [6, 6.07) is 2.02. The van der Waals surface area contributed by atoms with Gasteiger partial charge in [0.1, 0.15) is 0 Å². The van der Waals surface area contributed by atoms with Crippen LogP contribution in [0.15, 0.2) is 24.7 Å². The van der Waals surface area contributed by atoms with Crippen molar-refractivity contribution < 1.29 is 8.42 Å². The van der Waals surface area contributed by atoms with Crippen LogP contribution in [0.4, 0.5) is 0 Å². The summed E-state index contributed by atoms with van der Waals surface area (Å²) in [7, 11) is -3.21. The van der Waals surface area contributed by atoms with Gasteiger partial charge in [-0.3, -0.25) is 5.10 Å². The molecule has 1 N–H and O–H groups in total. The molecule has 2 saturated heterocycles. The lowest BCUT2D eigenvalue weighted by Gasteiger charge is -2.35. The van der Waals surface area contributed by atoms with Crippen molar-refractivity contribution in [2.75, 3.05) is 38.5 Å². The van der Waals surface area contributed by atoms with Gasteiger partial charge in [-0.2, -0.15) is 5.10 Å². The second-order valence-electron chi connectivity index (χ2n) is 10.9. The number of hydrogen-bond donors (Lipinski definition) is 1. The van der Waals surface area contributed by atoms with Crippen LogP contribution in [0, 0.1) is 11.8 Å². The maximum Gasteiger partial charge on any atom is 0.214 e. The molecule has 1 atom stereocenters. The van der Waals surface area contributed by atoms with Gasteiger partial charge in [-0.15, -0.1) is 0 Å². The van der Waals surface area contributed by atoms with E-state index in [1.165, 1.54) is 31.5 Å². The SMILES string of the molecule is O=S(=O)(CC1CCC(c2cn[nH]c3cnc4nccc4c23)CC1)N1CCCC(CN2CCCC2)C1. The molecule has 3 aliphatic rings. The maximum absolute atomic E-state index is 13.4. The van der Waals surface area contributed by atoms with Crippen LogP contribution in [-0.2, 0) is 10.0 Å². The maximum atomic E-state index is 13.4. The zero-order chi connectivity index (χ0) is 23.8. The molecule has 3 aromatic rings. The average Bonchev–Trinajstić information content (AvgIpc) is 3.56. The number of nitrogens with zero attached hydrogens (tertiary/aromatic N) is 5. The molecule has 3 aromatic heterocycles. The highest BCUT2D eigenvalue weighted by molar-refractivity contribution is 7.89. The van der Waals surface area contributed by atoms with E-state index in [0.717, 1.165) is 67.0 Å². The lowest BCUT2D eigenvalue weighted by Crippen LogP contribution is -2.45. The van der Waals surface area contributed by atoms with E-state index in [1.807, 2.05) is 22.8 Å². The smallest absolute Gasteiger partial charge is 0.214 e. The zero-order valence-corrected chi connectivity index (χ0v) is 21.2. The number of fused-ring (bicyclic) bond motifs is 3. The summed E-state index contributed by atoms with van der Waals surface area (Å²) >= 11 is 0. The number of sulfonamides is 1. The molecule has 35 heavy (non-hydrogen) atoms. The molecule has 0 aromatic carbocycles. The third kappa shape index (κ3) is 4.82. The van der Waals surface area contributed by atoms with Crippen LogP contribution in [0.25, 0.3) is 21.9 Å². The summed E-state index contributed by atoms with van der Waals surface area (Å²) in [5.74, 6) is 1.42. The van der Waals surface area contributed by atoms with Crippen LogP contribution in [0.2, 0.25) is 0 Å². The highest BCUT2D eigenvalue weighted by Crippen LogP contribution is 2.40. The first-order valence-corrected chi connectivity index (χ1v) is 14.9. The van der Waals surface area contributed by atoms with Crippen molar-refractivity contribution in [1.29, 1.82) is 0 Å². The second kappa shape index (κ2) is 9.75. The quantitative estimate of drug-likeness (QED) is 0.556. The van der Waals surface area contributed by atoms with Crippen LogP contribution >= 0.6 is 0 Å². The number of hydrogen-bond acceptors (Lipinski definition) is 6. The number of nitrogens with one attached hydrogen (secondary N) is 1. The molecular formula is C26H36N6O2S. The van der Waals surface area contributed by atoms with Crippen LogP contribution in [0.1, 0.15) is 62.8 Å². The zero-order valence-electron chi connectivity index (χ0n) is 20.4. The highest BCUT2D eigenvalue weighted by atomic mass is 32.2. The molecule has 1 unspecified atom stereocenters. The first kappa shape index (κ1) is 23.3.